The van der Waals surface area contributed by atoms with Crippen molar-refractivity contribution in [3.8, 4) is 17.4 Å². The van der Waals surface area contributed by atoms with Gasteiger partial charge in [-0.2, -0.15) is 5.26 Å². The molecule has 0 aliphatic heterocycles. The maximum Gasteiger partial charge on any atom is 0.288 e. The number of nitrogens with zero attached hydrogens (tertiary/aromatic N) is 2. The van der Waals surface area contributed by atoms with Crippen LogP contribution in [-0.4, -0.2) is 4.92 Å². The fourth-order valence-electron chi connectivity index (χ4n) is 2.38. The van der Waals surface area contributed by atoms with Gasteiger partial charge in [0.05, 0.1) is 16.6 Å². The number of furan rings is 1. The lowest BCUT2D eigenvalue weighted by Gasteiger charge is -2.01. The molecule has 2 aromatic carbocycles. The molecule has 128 valence electrons. The zero-order chi connectivity index (χ0) is 18.7. The number of nitro benzene ring substituents is 1. The molecule has 0 unspecified atom stereocenters. The summed E-state index contributed by atoms with van der Waals surface area (Å²) in [7, 11) is 0. The Labute approximate surface area is 158 Å². The molecule has 0 radical (unpaired) electrons. The number of nitro groups is 1. The topological polar surface area (TPSA) is 80.1 Å². The quantitative estimate of drug-likeness (QED) is 0.303. The monoisotopic (exact) mass is 384 g/mol. The van der Waals surface area contributed by atoms with E-state index in [-0.39, 0.29) is 10.7 Å². The summed E-state index contributed by atoms with van der Waals surface area (Å²) in [6.07, 6.45) is 1.56. The van der Waals surface area contributed by atoms with E-state index in [1.165, 1.54) is 12.1 Å². The summed E-state index contributed by atoms with van der Waals surface area (Å²) in [5.41, 5.74) is 1.25. The van der Waals surface area contributed by atoms with Crippen molar-refractivity contribution in [2.75, 3.05) is 0 Å². The second-order valence-corrected chi connectivity index (χ2v) is 6.09. The Morgan fingerprint density at radius 2 is 1.88 bits per heavy atom. The number of rotatable bonds is 4. The normalized spacial score (nSPS) is 11.2. The largest absolute Gasteiger partial charge is 0.457 e. The number of benzene rings is 2. The van der Waals surface area contributed by atoms with E-state index < -0.39 is 4.92 Å². The van der Waals surface area contributed by atoms with Gasteiger partial charge in [0.25, 0.3) is 5.69 Å². The maximum absolute atomic E-state index is 11.0. The van der Waals surface area contributed by atoms with E-state index in [4.69, 9.17) is 27.6 Å². The van der Waals surface area contributed by atoms with Crippen LogP contribution in [-0.2, 0) is 0 Å². The molecule has 0 aliphatic carbocycles. The second-order valence-electron chi connectivity index (χ2n) is 5.27. The van der Waals surface area contributed by atoms with Gasteiger partial charge in [0.2, 0.25) is 0 Å². The van der Waals surface area contributed by atoms with Crippen LogP contribution < -0.4 is 0 Å². The van der Waals surface area contributed by atoms with E-state index in [0.29, 0.717) is 33.2 Å². The van der Waals surface area contributed by atoms with E-state index >= 15 is 0 Å². The predicted molar refractivity (Wildman–Crippen MR) is 101 cm³/mol. The lowest BCUT2D eigenvalue weighted by molar-refractivity contribution is -0.384. The molecule has 26 heavy (non-hydrogen) atoms. The maximum atomic E-state index is 11.0. The first-order valence-electron chi connectivity index (χ1n) is 7.40. The van der Waals surface area contributed by atoms with Crippen molar-refractivity contribution in [1.29, 1.82) is 5.26 Å². The fraction of sp³-hybridized carbons (Fsp3) is 0. The summed E-state index contributed by atoms with van der Waals surface area (Å²) in [4.78, 5) is 10.5. The van der Waals surface area contributed by atoms with E-state index in [1.54, 1.807) is 48.5 Å². The number of allylic oxidation sites excluding steroid dienone is 1. The van der Waals surface area contributed by atoms with Gasteiger partial charge in [-0.3, -0.25) is 10.1 Å². The first kappa shape index (κ1) is 17.7. The summed E-state index contributed by atoms with van der Waals surface area (Å²) in [6, 6.07) is 16.8. The average molecular weight is 385 g/mol. The van der Waals surface area contributed by atoms with E-state index in [0.717, 1.165) is 0 Å². The van der Waals surface area contributed by atoms with Crippen LogP contribution >= 0.6 is 23.2 Å². The molecular formula is C19H10Cl2N2O3. The van der Waals surface area contributed by atoms with Gasteiger partial charge in [-0.05, 0) is 36.4 Å². The molecule has 0 atom stereocenters. The van der Waals surface area contributed by atoms with Crippen LogP contribution in [0.5, 0.6) is 0 Å². The van der Waals surface area contributed by atoms with E-state index in [1.807, 2.05) is 0 Å². The van der Waals surface area contributed by atoms with E-state index in [9.17, 15) is 15.4 Å². The van der Waals surface area contributed by atoms with Gasteiger partial charge < -0.3 is 4.42 Å². The molecule has 0 amide bonds. The van der Waals surface area contributed by atoms with Crippen LogP contribution in [0.25, 0.3) is 23.0 Å². The molecule has 0 saturated carbocycles. The van der Waals surface area contributed by atoms with Crippen LogP contribution in [0.1, 0.15) is 11.3 Å². The Morgan fingerprint density at radius 3 is 2.58 bits per heavy atom. The molecule has 0 aliphatic rings. The fourth-order valence-corrected chi connectivity index (χ4v) is 2.81. The van der Waals surface area contributed by atoms with Gasteiger partial charge in [0, 0.05) is 22.2 Å². The van der Waals surface area contributed by atoms with Crippen molar-refractivity contribution < 1.29 is 9.34 Å². The van der Waals surface area contributed by atoms with Gasteiger partial charge >= 0.3 is 0 Å². The Morgan fingerprint density at radius 1 is 1.12 bits per heavy atom. The third kappa shape index (κ3) is 3.62. The van der Waals surface area contributed by atoms with Crippen LogP contribution in [0.3, 0.4) is 0 Å². The summed E-state index contributed by atoms with van der Waals surface area (Å²) in [5.74, 6) is 0.849. The van der Waals surface area contributed by atoms with Gasteiger partial charge in [-0.15, -0.1) is 0 Å². The molecule has 0 spiro atoms. The van der Waals surface area contributed by atoms with Crippen LogP contribution in [0, 0.1) is 21.4 Å². The summed E-state index contributed by atoms with van der Waals surface area (Å²) >= 11 is 12.0. The van der Waals surface area contributed by atoms with Crippen LogP contribution in [0.2, 0.25) is 10.0 Å². The van der Waals surface area contributed by atoms with Crippen LogP contribution in [0.15, 0.2) is 59.0 Å². The molecule has 1 heterocycles. The Kier molecular flexibility index (Phi) is 5.08. The summed E-state index contributed by atoms with van der Waals surface area (Å²) in [6.45, 7) is 0. The average Bonchev–Trinajstić information content (AvgIpc) is 3.09. The standard InChI is InChI=1S/C19H10Cl2N2O3/c20-16-4-2-1-3-15(16)13(11-22)9-14-6-8-19(26-14)12-5-7-17(21)18(10-12)23(24)25/h1-10H. The van der Waals surface area contributed by atoms with Gasteiger partial charge in [-0.1, -0.05) is 41.4 Å². The molecule has 0 fully saturated rings. The molecule has 0 N–H and O–H groups in total. The number of nitriles is 1. The smallest absolute Gasteiger partial charge is 0.288 e. The van der Waals surface area contributed by atoms with Crippen LogP contribution in [0.4, 0.5) is 5.69 Å². The van der Waals surface area contributed by atoms with Gasteiger partial charge in [-0.25, -0.2) is 0 Å². The predicted octanol–water partition coefficient (Wildman–Crippen LogP) is 6.23. The Hall–Kier alpha value is -3.07. The zero-order valence-electron chi connectivity index (χ0n) is 13.1. The molecule has 3 rings (SSSR count). The molecule has 5 nitrogen and oxygen atoms in total. The summed E-state index contributed by atoms with van der Waals surface area (Å²) in [5, 5.41) is 20.9. The molecule has 1 aromatic heterocycles. The van der Waals surface area contributed by atoms with E-state index in [2.05, 4.69) is 6.07 Å². The number of hydrogen-bond acceptors (Lipinski definition) is 4. The lowest BCUT2D eigenvalue weighted by atomic mass is 10.1. The highest BCUT2D eigenvalue weighted by molar-refractivity contribution is 6.33. The minimum absolute atomic E-state index is 0.0518. The van der Waals surface area contributed by atoms with Crippen molar-refractivity contribution in [2.45, 2.75) is 0 Å². The SMILES string of the molecule is N#CC(=Cc1ccc(-c2ccc(Cl)c([N+](=O)[O-])c2)o1)c1ccccc1Cl. The molecule has 7 heteroatoms. The molecule has 3 aromatic rings. The highest BCUT2D eigenvalue weighted by Gasteiger charge is 2.15. The molecule has 0 bridgehead atoms. The highest BCUT2D eigenvalue weighted by Crippen LogP contribution is 2.32. The van der Waals surface area contributed by atoms with Crippen molar-refractivity contribution in [1.82, 2.24) is 0 Å². The van der Waals surface area contributed by atoms with Gasteiger partial charge in [0.1, 0.15) is 16.5 Å². The van der Waals surface area contributed by atoms with Crippen molar-refractivity contribution in [2.24, 2.45) is 0 Å². The second kappa shape index (κ2) is 7.44. The number of hydrogen-bond donors (Lipinski definition) is 0. The minimum Gasteiger partial charge on any atom is -0.457 e. The first-order chi connectivity index (χ1) is 12.5. The van der Waals surface area contributed by atoms with Crippen molar-refractivity contribution >= 4 is 40.5 Å². The molecule has 0 saturated heterocycles. The lowest BCUT2D eigenvalue weighted by Crippen LogP contribution is -1.89. The first-order valence-corrected chi connectivity index (χ1v) is 8.16. The Bertz CT molecular complexity index is 1060. The molecular weight excluding hydrogens is 375 g/mol. The minimum atomic E-state index is -0.555. The third-order valence-electron chi connectivity index (χ3n) is 3.63. The van der Waals surface area contributed by atoms with Crippen molar-refractivity contribution in [3.63, 3.8) is 0 Å². The zero-order valence-corrected chi connectivity index (χ0v) is 14.7. The highest BCUT2D eigenvalue weighted by atomic mass is 35.5. The third-order valence-corrected chi connectivity index (χ3v) is 4.27. The summed E-state index contributed by atoms with van der Waals surface area (Å²) < 4.78 is 5.70. The van der Waals surface area contributed by atoms with Crippen molar-refractivity contribution in [3.05, 3.63) is 86.1 Å². The Balaban J connectivity index is 1.98. The van der Waals surface area contributed by atoms with Gasteiger partial charge in [0.15, 0.2) is 0 Å². The number of halogens is 2.